The van der Waals surface area contributed by atoms with Crippen LogP contribution < -0.4 is 0 Å². The Morgan fingerprint density at radius 3 is 2.50 bits per heavy atom. The molecule has 1 aromatic carbocycles. The van der Waals surface area contributed by atoms with Gasteiger partial charge in [-0.1, -0.05) is 18.2 Å². The summed E-state index contributed by atoms with van der Waals surface area (Å²) >= 11 is 0. The maximum Gasteiger partial charge on any atom is 0.198 e. The zero-order valence-electron chi connectivity index (χ0n) is 14.5. The third-order valence-electron chi connectivity index (χ3n) is 6.01. The summed E-state index contributed by atoms with van der Waals surface area (Å²) in [5.74, 6) is 2.85. The Balaban J connectivity index is 1.61. The van der Waals surface area contributed by atoms with E-state index in [-0.39, 0.29) is 0 Å². The predicted molar refractivity (Wildman–Crippen MR) is 79.0 cm³/mol. The highest BCUT2D eigenvalue weighted by atomic mass is 16.5. The molecule has 0 N–H and O–H groups in total. The van der Waals surface area contributed by atoms with Gasteiger partial charge < -0.3 is 4.74 Å². The van der Waals surface area contributed by atoms with Crippen molar-refractivity contribution >= 4 is 11.6 Å². The van der Waals surface area contributed by atoms with Crippen LogP contribution in [0, 0.1) is 29.1 Å². The van der Waals surface area contributed by atoms with Gasteiger partial charge in [0.15, 0.2) is 5.90 Å². The molecule has 1 spiro atoms. The lowest BCUT2D eigenvalue weighted by Crippen LogP contribution is -2.64. The van der Waals surface area contributed by atoms with Crippen LogP contribution in [0.25, 0.3) is 0 Å². The fourth-order valence-electron chi connectivity index (χ4n) is 5.34. The fourth-order valence-corrected chi connectivity index (χ4v) is 5.34. The maximum absolute atomic E-state index is 8.46. The molecule has 4 saturated carbocycles. The lowest BCUT2D eigenvalue weighted by molar-refractivity contribution is -0.136. The number of nitrogens with zero attached hydrogens (tertiary/aromatic N) is 1. The Bertz CT molecular complexity index is 671. The largest absolute Gasteiger partial charge is 0.479 e. The Morgan fingerprint density at radius 1 is 1.10 bits per heavy atom. The van der Waals surface area contributed by atoms with E-state index >= 15 is 0 Å². The van der Waals surface area contributed by atoms with Gasteiger partial charge in [-0.3, -0.25) is 0 Å². The normalized spacial score (nSPS) is 51.2. The monoisotopic (exact) mass is 270 g/mol. The van der Waals surface area contributed by atoms with Crippen molar-refractivity contribution in [3.63, 3.8) is 0 Å². The van der Waals surface area contributed by atoms with Gasteiger partial charge >= 0.3 is 0 Å². The molecule has 0 aromatic heterocycles. The van der Waals surface area contributed by atoms with Crippen molar-refractivity contribution in [2.24, 2.45) is 34.1 Å². The van der Waals surface area contributed by atoms with E-state index in [1.165, 1.54) is 6.42 Å². The molecule has 1 heterocycles. The molecular formula is C18H21NO. The smallest absolute Gasteiger partial charge is 0.198 e. The standard InChI is InChI=1S/C18H21NO/c1-2-4-16(5-3-1)19-17-18(11-20-17)14-7-12-6-13(9-14)10-15(18)8-12/h1-5,12-15H,6-11H2/i4D,11D2. The molecule has 1 aliphatic heterocycles. The Hall–Kier alpha value is -1.31. The quantitative estimate of drug-likeness (QED) is 0.750. The molecule has 5 fully saturated rings. The number of hydrogen-bond donors (Lipinski definition) is 0. The average molecular weight is 270 g/mol. The highest BCUT2D eigenvalue weighted by Crippen LogP contribution is 2.65. The van der Waals surface area contributed by atoms with E-state index in [1.807, 2.05) is 18.2 Å². The lowest BCUT2D eigenvalue weighted by atomic mass is 9.44. The molecule has 0 amide bonds. The van der Waals surface area contributed by atoms with E-state index < -0.39 is 12.0 Å². The van der Waals surface area contributed by atoms with Crippen LogP contribution in [-0.2, 0) is 4.74 Å². The molecule has 6 rings (SSSR count). The summed E-state index contributed by atoms with van der Waals surface area (Å²) in [6, 6.07) is 7.60. The van der Waals surface area contributed by atoms with Gasteiger partial charge in [0.1, 0.15) is 6.56 Å². The van der Waals surface area contributed by atoms with E-state index in [1.54, 1.807) is 6.07 Å². The molecule has 0 unspecified atom stereocenters. The van der Waals surface area contributed by atoms with Gasteiger partial charge in [0.2, 0.25) is 0 Å². The second-order valence-electron chi connectivity index (χ2n) is 7.04. The average Bonchev–Trinajstić information content (AvgIpc) is 2.47. The van der Waals surface area contributed by atoms with Gasteiger partial charge in [-0.05, 0) is 67.9 Å². The fraction of sp³-hybridized carbons (Fsp3) is 0.611. The first-order chi connectivity index (χ1) is 11.0. The lowest BCUT2D eigenvalue weighted by Gasteiger charge is -2.64. The van der Waals surface area contributed by atoms with E-state index in [0.717, 1.165) is 37.5 Å². The van der Waals surface area contributed by atoms with Crippen LogP contribution >= 0.6 is 0 Å². The van der Waals surface area contributed by atoms with E-state index in [4.69, 9.17) is 8.85 Å². The molecule has 2 nitrogen and oxygen atoms in total. The SMILES string of the molecule is [2H]c1ccccc1N=C1OC([2H])([2H])C12C1CC3CC(C1)CC2C3. The van der Waals surface area contributed by atoms with Gasteiger partial charge in [0.05, 0.1) is 15.2 Å². The molecule has 20 heavy (non-hydrogen) atoms. The second-order valence-corrected chi connectivity index (χ2v) is 7.04. The van der Waals surface area contributed by atoms with Crippen LogP contribution in [0.4, 0.5) is 5.69 Å². The number of aliphatic imine (C=N–C) groups is 1. The number of para-hydroxylation sites is 1. The van der Waals surface area contributed by atoms with Gasteiger partial charge in [-0.2, -0.15) is 0 Å². The first-order valence-corrected chi connectivity index (χ1v) is 7.84. The molecule has 5 aliphatic rings. The van der Waals surface area contributed by atoms with Crippen molar-refractivity contribution in [3.05, 3.63) is 30.3 Å². The van der Waals surface area contributed by atoms with Crippen LogP contribution in [0.5, 0.6) is 0 Å². The Morgan fingerprint density at radius 2 is 1.85 bits per heavy atom. The third-order valence-corrected chi connectivity index (χ3v) is 6.01. The van der Waals surface area contributed by atoms with Crippen LogP contribution in [0.2, 0.25) is 0 Å². The summed E-state index contributed by atoms with van der Waals surface area (Å²) in [6.07, 6.45) is 5.83. The highest BCUT2D eigenvalue weighted by molar-refractivity contribution is 5.90. The number of hydrogen-bond acceptors (Lipinski definition) is 2. The highest BCUT2D eigenvalue weighted by Gasteiger charge is 2.64. The minimum atomic E-state index is -1.61. The molecule has 0 atom stereocenters. The third kappa shape index (κ3) is 1.37. The molecule has 104 valence electrons. The van der Waals surface area contributed by atoms with Crippen molar-refractivity contribution < 1.29 is 8.85 Å². The molecule has 0 radical (unpaired) electrons. The topological polar surface area (TPSA) is 21.6 Å². The number of benzene rings is 1. The van der Waals surface area contributed by atoms with E-state index in [9.17, 15) is 0 Å². The van der Waals surface area contributed by atoms with Crippen LogP contribution in [-0.4, -0.2) is 12.5 Å². The summed E-state index contributed by atoms with van der Waals surface area (Å²) < 4.78 is 30.5. The molecule has 2 heteroatoms. The zero-order valence-corrected chi connectivity index (χ0v) is 11.5. The van der Waals surface area contributed by atoms with Crippen molar-refractivity contribution in [1.29, 1.82) is 0 Å². The first-order valence-electron chi connectivity index (χ1n) is 9.34. The minimum absolute atomic E-state index is 0.360. The van der Waals surface area contributed by atoms with Gasteiger partial charge in [-0.15, -0.1) is 0 Å². The van der Waals surface area contributed by atoms with Gasteiger partial charge in [0.25, 0.3) is 0 Å². The summed E-state index contributed by atoms with van der Waals surface area (Å²) in [5, 5.41) is 0. The molecular weight excluding hydrogens is 246 g/mol. The Labute approximate surface area is 124 Å². The molecule has 4 bridgehead atoms. The minimum Gasteiger partial charge on any atom is -0.479 e. The van der Waals surface area contributed by atoms with Crippen molar-refractivity contribution in [2.45, 2.75) is 32.1 Å². The number of ether oxygens (including phenoxy) is 1. The number of rotatable bonds is 1. The summed E-state index contributed by atoms with van der Waals surface area (Å²) in [4.78, 5) is 4.63. The zero-order chi connectivity index (χ0) is 15.8. The summed E-state index contributed by atoms with van der Waals surface area (Å²) in [6.45, 7) is -1.61. The van der Waals surface area contributed by atoms with E-state index in [2.05, 4.69) is 4.99 Å². The summed E-state index contributed by atoms with van der Waals surface area (Å²) in [5.41, 5.74) is 0.0501. The molecule has 1 aromatic rings. The van der Waals surface area contributed by atoms with E-state index in [0.29, 0.717) is 29.5 Å². The maximum atomic E-state index is 8.46. The molecule has 4 aliphatic carbocycles. The van der Waals surface area contributed by atoms with Crippen molar-refractivity contribution in [3.8, 4) is 0 Å². The Kier molecular flexibility index (Phi) is 1.71. The molecule has 1 saturated heterocycles. The van der Waals surface area contributed by atoms with Crippen LogP contribution in [0.1, 0.15) is 36.2 Å². The predicted octanol–water partition coefficient (Wildman–Crippen LogP) is 4.19. The van der Waals surface area contributed by atoms with Gasteiger partial charge in [-0.25, -0.2) is 4.99 Å². The van der Waals surface area contributed by atoms with Crippen LogP contribution in [0.15, 0.2) is 35.3 Å². The summed E-state index contributed by atoms with van der Waals surface area (Å²) in [7, 11) is 0. The van der Waals surface area contributed by atoms with Crippen molar-refractivity contribution in [2.75, 3.05) is 6.56 Å². The van der Waals surface area contributed by atoms with Gasteiger partial charge in [0, 0.05) is 0 Å². The second kappa shape index (κ2) is 3.87. The van der Waals surface area contributed by atoms with Crippen LogP contribution in [0.3, 0.4) is 0 Å². The van der Waals surface area contributed by atoms with Crippen molar-refractivity contribution in [1.82, 2.24) is 0 Å². The first kappa shape index (κ1) is 8.86.